The monoisotopic (exact) mass is 301 g/mol. The van der Waals surface area contributed by atoms with E-state index >= 15 is 0 Å². The fraction of sp³-hybridized carbons (Fsp3) is 1.00. The molecule has 0 N–H and O–H groups in total. The Morgan fingerprint density at radius 2 is 1.90 bits per heavy atom. The first-order valence-corrected chi connectivity index (χ1v) is 10.4. The van der Waals surface area contributed by atoms with Gasteiger partial charge in [0.05, 0.1) is 0 Å². The van der Waals surface area contributed by atoms with Crippen LogP contribution in [-0.4, -0.2) is 47.5 Å². The molecular weight excluding hydrogens is 269 g/mol. The summed E-state index contributed by atoms with van der Waals surface area (Å²) in [5.74, 6) is 3.19. The van der Waals surface area contributed by atoms with E-state index in [2.05, 4.69) is 32.2 Å². The van der Waals surface area contributed by atoms with Gasteiger partial charge in [-0.25, -0.2) is 4.39 Å². The zero-order valence-corrected chi connectivity index (χ0v) is 14.6. The molecular formula is C17H32FNS. The topological polar surface area (TPSA) is 3.24 Å². The molecule has 20 heavy (non-hydrogen) atoms. The molecule has 4 aliphatic carbocycles. The van der Waals surface area contributed by atoms with Crippen LogP contribution in [0.4, 0.5) is 4.39 Å². The van der Waals surface area contributed by atoms with Crippen LogP contribution in [0.2, 0.25) is 0 Å². The van der Waals surface area contributed by atoms with Crippen molar-refractivity contribution in [1.82, 2.24) is 4.90 Å². The van der Waals surface area contributed by atoms with Gasteiger partial charge in [-0.1, -0.05) is 6.92 Å². The van der Waals surface area contributed by atoms with Gasteiger partial charge in [0.15, 0.2) is 0 Å². The molecule has 4 unspecified atom stereocenters. The number of hydrogen-bond acceptors (Lipinski definition) is 1. The average molecular weight is 302 g/mol. The van der Waals surface area contributed by atoms with Crippen LogP contribution in [0.5, 0.6) is 0 Å². The van der Waals surface area contributed by atoms with E-state index in [1.807, 2.05) is 0 Å². The number of rotatable bonds is 6. The summed E-state index contributed by atoms with van der Waals surface area (Å²) in [6.07, 6.45) is 10.7. The van der Waals surface area contributed by atoms with Gasteiger partial charge in [0.25, 0.3) is 0 Å². The van der Waals surface area contributed by atoms with Gasteiger partial charge >= 0.3 is 0 Å². The van der Waals surface area contributed by atoms with Crippen molar-refractivity contribution in [2.75, 3.05) is 26.1 Å². The smallest absolute Gasteiger partial charge is 0.114 e. The van der Waals surface area contributed by atoms with Crippen LogP contribution in [0.25, 0.3) is 0 Å². The predicted octanol–water partition coefficient (Wildman–Crippen LogP) is 4.02. The fourth-order valence-corrected chi connectivity index (χ4v) is 7.80. The van der Waals surface area contributed by atoms with Gasteiger partial charge < -0.3 is 4.90 Å². The molecule has 0 aromatic carbocycles. The fourth-order valence-electron chi connectivity index (χ4n) is 4.87. The highest BCUT2D eigenvalue weighted by Gasteiger charge is 2.70. The van der Waals surface area contributed by atoms with E-state index in [0.717, 1.165) is 37.1 Å². The number of hydrogen-bond donors (Lipinski definition) is 1. The van der Waals surface area contributed by atoms with E-state index in [4.69, 9.17) is 0 Å². The Kier molecular flexibility index (Phi) is 3.90. The van der Waals surface area contributed by atoms with Gasteiger partial charge in [-0.15, -0.1) is 0 Å². The molecule has 0 aromatic rings. The Bertz CT molecular complexity index is 350. The summed E-state index contributed by atoms with van der Waals surface area (Å²) in [4.78, 5) is 2.40. The van der Waals surface area contributed by atoms with E-state index in [9.17, 15) is 4.39 Å². The molecule has 4 aliphatic rings. The van der Waals surface area contributed by atoms with Gasteiger partial charge in [-0.2, -0.15) is 0 Å². The number of halogens is 1. The van der Waals surface area contributed by atoms with Crippen LogP contribution in [0, 0.1) is 11.8 Å². The number of thiol groups is 1. The van der Waals surface area contributed by atoms with Crippen molar-refractivity contribution in [3.8, 4) is 0 Å². The molecule has 4 atom stereocenters. The summed E-state index contributed by atoms with van der Waals surface area (Å²) < 4.78 is 14.1. The second-order valence-electron chi connectivity index (χ2n) is 8.28. The highest BCUT2D eigenvalue weighted by atomic mass is 32.2. The van der Waals surface area contributed by atoms with Gasteiger partial charge in [0.2, 0.25) is 0 Å². The van der Waals surface area contributed by atoms with E-state index in [1.165, 1.54) is 31.4 Å². The third-order valence-corrected chi connectivity index (χ3v) is 9.67. The van der Waals surface area contributed by atoms with Gasteiger partial charge in [-0.3, -0.25) is 10.9 Å². The Morgan fingerprint density at radius 3 is 2.40 bits per heavy atom. The first-order valence-electron chi connectivity index (χ1n) is 8.40. The first-order chi connectivity index (χ1) is 9.34. The van der Waals surface area contributed by atoms with Crippen molar-refractivity contribution in [2.24, 2.45) is 11.8 Å². The van der Waals surface area contributed by atoms with Crippen LogP contribution in [0.3, 0.4) is 0 Å². The normalized spacial score (nSPS) is 46.8. The van der Waals surface area contributed by atoms with Crippen molar-refractivity contribution in [3.63, 3.8) is 0 Å². The molecule has 1 nitrogen and oxygen atoms in total. The van der Waals surface area contributed by atoms with Crippen LogP contribution in [0.1, 0.15) is 51.9 Å². The maximum atomic E-state index is 13.6. The van der Waals surface area contributed by atoms with E-state index in [-0.39, 0.29) is 10.9 Å². The van der Waals surface area contributed by atoms with Gasteiger partial charge in [0.1, 0.15) is 5.67 Å². The summed E-state index contributed by atoms with van der Waals surface area (Å²) in [6, 6.07) is 0.814. The maximum Gasteiger partial charge on any atom is 0.114 e. The third kappa shape index (κ3) is 2.54. The SMILES string of the molecule is CC(CC[SH](C)C12CC(F)(C1)C2)C1CCC(N(C)C)C1. The standard InChI is InChI=1S/C17H32FNS/c1-13(14-5-6-15(9-14)19(2)3)7-8-20(4)17-10-16(18,11-17)12-17/h13-15,20H,5-12H2,1-4H3. The highest BCUT2D eigenvalue weighted by molar-refractivity contribution is 8.17. The second-order valence-corrected chi connectivity index (χ2v) is 11.1. The lowest BCUT2D eigenvalue weighted by Crippen LogP contribution is -2.69. The van der Waals surface area contributed by atoms with Crippen molar-refractivity contribution >= 4 is 10.9 Å². The molecule has 0 heterocycles. The summed E-state index contributed by atoms with van der Waals surface area (Å²) in [5, 5.41) is 0. The minimum Gasteiger partial charge on any atom is -0.306 e. The predicted molar refractivity (Wildman–Crippen MR) is 88.8 cm³/mol. The van der Waals surface area contributed by atoms with Crippen molar-refractivity contribution in [1.29, 1.82) is 0 Å². The minimum absolute atomic E-state index is 0.0762. The minimum atomic E-state index is -0.702. The molecule has 4 saturated carbocycles. The summed E-state index contributed by atoms with van der Waals surface area (Å²) >= 11 is 0. The zero-order chi connectivity index (χ0) is 14.5. The van der Waals surface area contributed by atoms with Crippen LogP contribution >= 0.6 is 10.9 Å². The lowest BCUT2D eigenvalue weighted by atomic mass is 9.52. The van der Waals surface area contributed by atoms with Crippen molar-refractivity contribution < 1.29 is 4.39 Å². The quantitative estimate of drug-likeness (QED) is 0.725. The second kappa shape index (κ2) is 5.15. The largest absolute Gasteiger partial charge is 0.306 e. The molecule has 0 saturated heterocycles. The molecule has 0 radical (unpaired) electrons. The van der Waals surface area contributed by atoms with Crippen LogP contribution < -0.4 is 0 Å². The first kappa shape index (κ1) is 15.1. The molecule has 0 aliphatic heterocycles. The Morgan fingerprint density at radius 1 is 1.25 bits per heavy atom. The van der Waals surface area contributed by atoms with Gasteiger partial charge in [0, 0.05) is 10.8 Å². The number of nitrogens with zero attached hydrogens (tertiary/aromatic N) is 1. The third-order valence-electron chi connectivity index (χ3n) is 6.65. The Balaban J connectivity index is 1.40. The summed E-state index contributed by atoms with van der Waals surface area (Å²) in [7, 11) is 4.52. The maximum absolute atomic E-state index is 13.6. The van der Waals surface area contributed by atoms with E-state index < -0.39 is 5.67 Å². The van der Waals surface area contributed by atoms with E-state index in [1.54, 1.807) is 0 Å². The van der Waals surface area contributed by atoms with Gasteiger partial charge in [-0.05, 0) is 82.9 Å². The molecule has 2 bridgehead atoms. The average Bonchev–Trinajstić information content (AvgIpc) is 2.80. The molecule has 0 amide bonds. The zero-order valence-electron chi connectivity index (χ0n) is 13.7. The van der Waals surface area contributed by atoms with Crippen LogP contribution in [0.15, 0.2) is 0 Å². The molecule has 3 heteroatoms. The van der Waals surface area contributed by atoms with Crippen molar-refractivity contribution in [2.45, 2.75) is 68.3 Å². The molecule has 118 valence electrons. The van der Waals surface area contributed by atoms with E-state index in [0.29, 0.717) is 4.75 Å². The molecule has 0 aromatic heterocycles. The summed E-state index contributed by atoms with van der Waals surface area (Å²) in [5.41, 5.74) is -0.702. The Labute approximate surface area is 127 Å². The molecule has 4 fully saturated rings. The van der Waals surface area contributed by atoms with Crippen molar-refractivity contribution in [3.05, 3.63) is 0 Å². The lowest BCUT2D eigenvalue weighted by Gasteiger charge is -2.69. The Hall–Kier alpha value is 0.240. The highest BCUT2D eigenvalue weighted by Crippen LogP contribution is 2.73. The molecule has 4 rings (SSSR count). The summed E-state index contributed by atoms with van der Waals surface area (Å²) in [6.45, 7) is 2.46. The van der Waals surface area contributed by atoms with Crippen LogP contribution in [-0.2, 0) is 0 Å². The lowest BCUT2D eigenvalue weighted by molar-refractivity contribution is -0.102. The number of alkyl halides is 1. The molecule has 0 spiro atoms.